The molecule has 0 spiro atoms. The summed E-state index contributed by atoms with van der Waals surface area (Å²) in [6.45, 7) is 0.0890. The number of halogens is 2. The molecule has 0 atom stereocenters. The molecule has 1 heterocycles. The number of ether oxygens (including phenoxy) is 1. The first-order valence-corrected chi connectivity index (χ1v) is 10.2. The second-order valence-electron chi connectivity index (χ2n) is 5.49. The molecular weight excluding hydrogens is 496 g/mol. The number of hydrogen-bond acceptors (Lipinski definition) is 5. The normalized spacial score (nSPS) is 15.3. The van der Waals surface area contributed by atoms with Gasteiger partial charge in [0.1, 0.15) is 11.8 Å². The molecule has 0 aliphatic carbocycles. The van der Waals surface area contributed by atoms with Gasteiger partial charge in [0, 0.05) is 14.5 Å². The number of benzene rings is 2. The molecule has 1 aliphatic heterocycles. The first kappa shape index (κ1) is 19.7. The van der Waals surface area contributed by atoms with Gasteiger partial charge < -0.3 is 4.74 Å². The molecule has 27 heavy (non-hydrogen) atoms. The lowest BCUT2D eigenvalue weighted by Crippen LogP contribution is -2.27. The Hall–Kier alpha value is -2.08. The minimum atomic E-state index is -0.355. The molecule has 2 aromatic carbocycles. The zero-order valence-corrected chi connectivity index (χ0v) is 17.8. The van der Waals surface area contributed by atoms with Gasteiger partial charge in [0.25, 0.3) is 11.1 Å². The van der Waals surface area contributed by atoms with E-state index >= 15 is 0 Å². The maximum atomic E-state index is 12.7. The fraction of sp³-hybridized carbons (Fsp3) is 0.105. The summed E-state index contributed by atoms with van der Waals surface area (Å²) in [6, 6.07) is 14.6. The summed E-state index contributed by atoms with van der Waals surface area (Å²) in [5.41, 5.74) is 1.47. The van der Waals surface area contributed by atoms with Gasteiger partial charge in [0.15, 0.2) is 6.61 Å². The van der Waals surface area contributed by atoms with Gasteiger partial charge in [-0.3, -0.25) is 14.5 Å². The van der Waals surface area contributed by atoms with Gasteiger partial charge in [0.2, 0.25) is 0 Å². The van der Waals surface area contributed by atoms with E-state index in [1.165, 1.54) is 4.90 Å². The summed E-state index contributed by atoms with van der Waals surface area (Å²) < 4.78 is 7.04. The molecule has 1 saturated heterocycles. The van der Waals surface area contributed by atoms with Gasteiger partial charge in [-0.25, -0.2) is 0 Å². The number of carbonyl (C=O) groups excluding carboxylic acids is 2. The highest BCUT2D eigenvalue weighted by atomic mass is 79.9. The van der Waals surface area contributed by atoms with Crippen molar-refractivity contribution in [1.82, 2.24) is 4.90 Å². The minimum Gasteiger partial charge on any atom is -0.478 e. The van der Waals surface area contributed by atoms with E-state index in [9.17, 15) is 9.59 Å². The van der Waals surface area contributed by atoms with Crippen LogP contribution in [0.5, 0.6) is 5.75 Å². The van der Waals surface area contributed by atoms with E-state index in [0.717, 1.165) is 26.3 Å². The molecule has 0 radical (unpaired) electrons. The molecule has 0 unspecified atom stereocenters. The molecular formula is C19H12Br2N2O3S. The van der Waals surface area contributed by atoms with Crippen LogP contribution in [0.4, 0.5) is 4.79 Å². The van der Waals surface area contributed by atoms with Crippen LogP contribution in [0, 0.1) is 11.3 Å². The maximum Gasteiger partial charge on any atom is 0.293 e. The number of carbonyl (C=O) groups is 2. The zero-order chi connectivity index (χ0) is 19.4. The quantitative estimate of drug-likeness (QED) is 0.510. The molecule has 0 saturated carbocycles. The molecule has 0 aromatic heterocycles. The fourth-order valence-corrected chi connectivity index (χ4v) is 4.07. The van der Waals surface area contributed by atoms with Crippen molar-refractivity contribution in [3.63, 3.8) is 0 Å². The Morgan fingerprint density at radius 3 is 2.70 bits per heavy atom. The lowest BCUT2D eigenvalue weighted by molar-refractivity contribution is -0.123. The summed E-state index contributed by atoms with van der Waals surface area (Å²) in [5.74, 6) is 0.115. The van der Waals surface area contributed by atoms with Gasteiger partial charge in [-0.05, 0) is 47.7 Å². The van der Waals surface area contributed by atoms with E-state index < -0.39 is 0 Å². The first-order valence-electron chi connectivity index (χ1n) is 7.77. The number of hydrogen-bond donors (Lipinski definition) is 0. The summed E-state index contributed by atoms with van der Waals surface area (Å²) in [4.78, 5) is 26.6. The molecule has 2 aromatic rings. The predicted octanol–water partition coefficient (Wildman–Crippen LogP) is 5.35. The third kappa shape index (κ3) is 4.61. The Bertz CT molecular complexity index is 985. The van der Waals surface area contributed by atoms with Gasteiger partial charge in [0.05, 0.1) is 11.4 Å². The molecule has 3 rings (SSSR count). The SMILES string of the molecule is N#CCOc1ccc(Br)cc1/C=C1\SC(=O)N(Cc2ccccc2Br)C1=O. The molecule has 0 N–H and O–H groups in total. The van der Waals surface area contributed by atoms with E-state index in [1.54, 1.807) is 24.3 Å². The van der Waals surface area contributed by atoms with Crippen LogP contribution in [-0.4, -0.2) is 22.7 Å². The van der Waals surface area contributed by atoms with Gasteiger partial charge in [-0.15, -0.1) is 0 Å². The standard InChI is InChI=1S/C19H12Br2N2O3S/c20-14-5-6-16(26-8-7-22)13(9-14)10-17-18(24)23(19(25)27-17)11-12-3-1-2-4-15(12)21/h1-6,9-10H,8,11H2/b17-10-. The Kier molecular flexibility index (Phi) is 6.37. The lowest BCUT2D eigenvalue weighted by Gasteiger charge is -2.13. The van der Waals surface area contributed by atoms with Crippen molar-refractivity contribution in [2.75, 3.05) is 6.61 Å². The Labute approximate surface area is 177 Å². The summed E-state index contributed by atoms with van der Waals surface area (Å²) in [6.07, 6.45) is 1.61. The van der Waals surface area contributed by atoms with E-state index in [0.29, 0.717) is 16.2 Å². The van der Waals surface area contributed by atoms with Crippen LogP contribution in [-0.2, 0) is 11.3 Å². The van der Waals surface area contributed by atoms with Gasteiger partial charge in [-0.1, -0.05) is 50.1 Å². The van der Waals surface area contributed by atoms with E-state index in [1.807, 2.05) is 30.3 Å². The zero-order valence-electron chi connectivity index (χ0n) is 13.8. The smallest absolute Gasteiger partial charge is 0.293 e. The average Bonchev–Trinajstić information content (AvgIpc) is 2.90. The number of imide groups is 1. The van der Waals surface area contributed by atoms with E-state index in [4.69, 9.17) is 10.00 Å². The number of nitriles is 1. The van der Waals surface area contributed by atoms with Crippen LogP contribution in [0.15, 0.2) is 56.3 Å². The number of amides is 2. The van der Waals surface area contributed by atoms with Crippen LogP contribution >= 0.6 is 43.6 Å². The van der Waals surface area contributed by atoms with E-state index in [-0.39, 0.29) is 24.3 Å². The highest BCUT2D eigenvalue weighted by Crippen LogP contribution is 2.36. The van der Waals surface area contributed by atoms with Crippen molar-refractivity contribution in [2.45, 2.75) is 6.54 Å². The number of thioether (sulfide) groups is 1. The lowest BCUT2D eigenvalue weighted by atomic mass is 10.1. The van der Waals surface area contributed by atoms with Crippen LogP contribution in [0.3, 0.4) is 0 Å². The van der Waals surface area contributed by atoms with Crippen LogP contribution in [0.25, 0.3) is 6.08 Å². The Morgan fingerprint density at radius 1 is 1.19 bits per heavy atom. The number of nitrogens with zero attached hydrogens (tertiary/aromatic N) is 2. The highest BCUT2D eigenvalue weighted by Gasteiger charge is 2.35. The maximum absolute atomic E-state index is 12.7. The monoisotopic (exact) mass is 506 g/mol. The molecule has 0 bridgehead atoms. The van der Waals surface area contributed by atoms with Crippen LogP contribution in [0.2, 0.25) is 0 Å². The predicted molar refractivity (Wildman–Crippen MR) is 111 cm³/mol. The van der Waals surface area contributed by atoms with Crippen molar-refractivity contribution in [3.8, 4) is 11.8 Å². The molecule has 5 nitrogen and oxygen atoms in total. The Balaban J connectivity index is 1.88. The van der Waals surface area contributed by atoms with E-state index in [2.05, 4.69) is 31.9 Å². The minimum absolute atomic E-state index is 0.105. The molecule has 1 aliphatic rings. The molecule has 136 valence electrons. The van der Waals surface area contributed by atoms with Crippen LogP contribution < -0.4 is 4.74 Å². The largest absolute Gasteiger partial charge is 0.478 e. The second kappa shape index (κ2) is 8.74. The highest BCUT2D eigenvalue weighted by molar-refractivity contribution is 9.10. The topological polar surface area (TPSA) is 70.4 Å². The first-order chi connectivity index (χ1) is 13.0. The summed E-state index contributed by atoms with van der Waals surface area (Å²) >= 11 is 7.70. The summed E-state index contributed by atoms with van der Waals surface area (Å²) in [5, 5.41) is 8.40. The third-order valence-electron chi connectivity index (χ3n) is 3.71. The average molecular weight is 508 g/mol. The van der Waals surface area contributed by atoms with Gasteiger partial charge in [-0.2, -0.15) is 5.26 Å². The van der Waals surface area contributed by atoms with Crippen molar-refractivity contribution in [1.29, 1.82) is 5.26 Å². The van der Waals surface area contributed by atoms with Crippen molar-refractivity contribution < 1.29 is 14.3 Å². The summed E-state index contributed by atoms with van der Waals surface area (Å²) in [7, 11) is 0. The van der Waals surface area contributed by atoms with Crippen molar-refractivity contribution in [3.05, 3.63) is 67.4 Å². The number of rotatable bonds is 5. The van der Waals surface area contributed by atoms with Crippen molar-refractivity contribution >= 4 is 60.8 Å². The van der Waals surface area contributed by atoms with Gasteiger partial charge >= 0.3 is 0 Å². The molecule has 2 amide bonds. The van der Waals surface area contributed by atoms with Crippen LogP contribution in [0.1, 0.15) is 11.1 Å². The second-order valence-corrected chi connectivity index (χ2v) is 8.25. The molecule has 1 fully saturated rings. The fourth-order valence-electron chi connectivity index (χ4n) is 2.45. The van der Waals surface area contributed by atoms with Crippen molar-refractivity contribution in [2.24, 2.45) is 0 Å². The Morgan fingerprint density at radius 2 is 1.96 bits per heavy atom. The third-order valence-corrected chi connectivity index (χ3v) is 5.88. The molecule has 8 heteroatoms.